The maximum atomic E-state index is 9.79. The largest absolute Gasteiger partial charge is 0.508 e. The number of hydrogen-bond donors (Lipinski definition) is 2. The molecule has 2 N–H and O–H groups in total. The van der Waals surface area contributed by atoms with Crippen molar-refractivity contribution in [2.75, 3.05) is 0 Å². The third kappa shape index (κ3) is 3.83. The van der Waals surface area contributed by atoms with E-state index in [0.29, 0.717) is 12.4 Å². The number of oxime groups is 1. The van der Waals surface area contributed by atoms with Gasteiger partial charge in [-0.05, 0) is 48.8 Å². The van der Waals surface area contributed by atoms with Crippen LogP contribution >= 0.6 is 0 Å². The van der Waals surface area contributed by atoms with E-state index in [0.717, 1.165) is 42.5 Å². The lowest BCUT2D eigenvalue weighted by Crippen LogP contribution is -2.14. The van der Waals surface area contributed by atoms with Gasteiger partial charge < -0.3 is 15.1 Å². The second-order valence-corrected chi connectivity index (χ2v) is 5.96. The normalized spacial score (nSPS) is 19.7. The van der Waals surface area contributed by atoms with Gasteiger partial charge in [0.2, 0.25) is 0 Å². The summed E-state index contributed by atoms with van der Waals surface area (Å²) in [6, 6.07) is 15.2. The molecular weight excluding hydrogens is 290 g/mol. The minimum absolute atomic E-state index is 0.198. The molecule has 2 aromatic rings. The monoisotopic (exact) mass is 311 g/mol. The van der Waals surface area contributed by atoms with Crippen LogP contribution in [0.4, 0.5) is 0 Å². The highest BCUT2D eigenvalue weighted by Crippen LogP contribution is 2.38. The summed E-state index contributed by atoms with van der Waals surface area (Å²) in [6.45, 7) is 0.463. The van der Waals surface area contributed by atoms with Gasteiger partial charge in [0, 0.05) is 6.07 Å². The minimum atomic E-state index is 0.198. The van der Waals surface area contributed by atoms with Gasteiger partial charge in [0.25, 0.3) is 0 Å². The number of phenolic OH excluding ortho intramolecular Hbond substituents is 1. The van der Waals surface area contributed by atoms with E-state index in [9.17, 15) is 5.11 Å². The molecule has 0 amide bonds. The summed E-state index contributed by atoms with van der Waals surface area (Å²) >= 11 is 0. The summed E-state index contributed by atoms with van der Waals surface area (Å²) in [4.78, 5) is 0. The van der Waals surface area contributed by atoms with E-state index in [1.54, 1.807) is 12.1 Å². The molecule has 1 saturated carbocycles. The van der Waals surface area contributed by atoms with Crippen molar-refractivity contribution in [3.8, 4) is 11.5 Å². The molecule has 1 aliphatic carbocycles. The molecule has 0 bridgehead atoms. The maximum absolute atomic E-state index is 9.79. The molecule has 1 unspecified atom stereocenters. The van der Waals surface area contributed by atoms with Crippen molar-refractivity contribution in [2.45, 2.75) is 38.2 Å². The summed E-state index contributed by atoms with van der Waals surface area (Å²) in [5.41, 5.74) is 2.99. The highest BCUT2D eigenvalue weighted by Gasteiger charge is 2.23. The van der Waals surface area contributed by atoms with Gasteiger partial charge in [0.1, 0.15) is 18.1 Å². The Morgan fingerprint density at radius 2 is 1.96 bits per heavy atom. The zero-order chi connectivity index (χ0) is 16.1. The predicted molar refractivity (Wildman–Crippen MR) is 89.3 cm³/mol. The number of hydrogen-bond acceptors (Lipinski definition) is 4. The zero-order valence-corrected chi connectivity index (χ0v) is 13.0. The molecule has 0 aromatic heterocycles. The van der Waals surface area contributed by atoms with Crippen molar-refractivity contribution in [2.24, 2.45) is 5.16 Å². The average molecular weight is 311 g/mol. The molecule has 4 heteroatoms. The molecule has 0 radical (unpaired) electrons. The molecule has 4 nitrogen and oxygen atoms in total. The maximum Gasteiger partial charge on any atom is 0.126 e. The molecule has 23 heavy (non-hydrogen) atoms. The van der Waals surface area contributed by atoms with Gasteiger partial charge in [-0.2, -0.15) is 0 Å². The standard InChI is InChI=1S/C19H21NO3/c21-17-9-10-18(15-7-4-8-16(11-15)20-22)19(12-17)23-13-14-5-2-1-3-6-14/h1-3,5-6,9-10,12,15,21-22H,4,7-8,11,13H2. The van der Waals surface area contributed by atoms with Gasteiger partial charge in [0.05, 0.1) is 5.71 Å². The Bertz CT molecular complexity index is 682. The van der Waals surface area contributed by atoms with Gasteiger partial charge in [0.15, 0.2) is 0 Å². The predicted octanol–water partition coefficient (Wildman–Crippen LogP) is 4.46. The second-order valence-electron chi connectivity index (χ2n) is 5.96. The molecule has 0 aliphatic heterocycles. The van der Waals surface area contributed by atoms with E-state index in [1.165, 1.54) is 0 Å². The first kappa shape index (κ1) is 15.4. The van der Waals surface area contributed by atoms with Crippen LogP contribution in [0.2, 0.25) is 0 Å². The van der Waals surface area contributed by atoms with Crippen LogP contribution in [0.5, 0.6) is 11.5 Å². The highest BCUT2D eigenvalue weighted by atomic mass is 16.5. The Balaban J connectivity index is 1.80. The van der Waals surface area contributed by atoms with E-state index in [1.807, 2.05) is 36.4 Å². The molecule has 2 aromatic carbocycles. The van der Waals surface area contributed by atoms with E-state index in [2.05, 4.69) is 5.16 Å². The lowest BCUT2D eigenvalue weighted by Gasteiger charge is -2.25. The second kappa shape index (κ2) is 7.18. The van der Waals surface area contributed by atoms with Gasteiger partial charge >= 0.3 is 0 Å². The fourth-order valence-corrected chi connectivity index (χ4v) is 3.12. The minimum Gasteiger partial charge on any atom is -0.508 e. The number of nitrogens with zero attached hydrogens (tertiary/aromatic N) is 1. The third-order valence-corrected chi connectivity index (χ3v) is 4.32. The van der Waals surface area contributed by atoms with E-state index < -0.39 is 0 Å². The molecule has 0 heterocycles. The van der Waals surface area contributed by atoms with E-state index in [4.69, 9.17) is 9.94 Å². The molecular formula is C19H21NO3. The van der Waals surface area contributed by atoms with E-state index in [-0.39, 0.29) is 11.7 Å². The number of benzene rings is 2. The number of ether oxygens (including phenoxy) is 1. The Kier molecular flexibility index (Phi) is 4.81. The molecule has 1 aliphatic rings. The Labute approximate surface area is 136 Å². The highest BCUT2D eigenvalue weighted by molar-refractivity contribution is 5.85. The van der Waals surface area contributed by atoms with Gasteiger partial charge in [-0.25, -0.2) is 0 Å². The van der Waals surface area contributed by atoms with Crippen molar-refractivity contribution in [1.29, 1.82) is 0 Å². The summed E-state index contributed by atoms with van der Waals surface area (Å²) in [6.07, 6.45) is 3.63. The van der Waals surface area contributed by atoms with Crippen LogP contribution in [-0.4, -0.2) is 16.0 Å². The van der Waals surface area contributed by atoms with Gasteiger partial charge in [-0.3, -0.25) is 0 Å². The van der Waals surface area contributed by atoms with Crippen molar-refractivity contribution < 1.29 is 15.1 Å². The average Bonchev–Trinajstić information content (AvgIpc) is 2.61. The van der Waals surface area contributed by atoms with Crippen molar-refractivity contribution >= 4 is 5.71 Å². The number of aromatic hydroxyl groups is 1. The molecule has 1 fully saturated rings. The summed E-state index contributed by atoms with van der Waals surface area (Å²) in [5, 5.41) is 22.2. The first-order valence-electron chi connectivity index (χ1n) is 7.95. The van der Waals surface area contributed by atoms with Crippen LogP contribution in [-0.2, 0) is 6.61 Å². The molecule has 1 atom stereocenters. The van der Waals surface area contributed by atoms with Crippen LogP contribution < -0.4 is 4.74 Å². The third-order valence-electron chi connectivity index (χ3n) is 4.32. The quantitative estimate of drug-likeness (QED) is 0.647. The van der Waals surface area contributed by atoms with Crippen LogP contribution in [0.3, 0.4) is 0 Å². The van der Waals surface area contributed by atoms with Gasteiger partial charge in [-0.15, -0.1) is 0 Å². The SMILES string of the molecule is ON=C1CCCC(c2ccc(O)cc2OCc2ccccc2)C1. The Morgan fingerprint density at radius 3 is 2.74 bits per heavy atom. The zero-order valence-electron chi connectivity index (χ0n) is 13.0. The number of rotatable bonds is 4. The van der Waals surface area contributed by atoms with Crippen LogP contribution in [0.25, 0.3) is 0 Å². The fourth-order valence-electron chi connectivity index (χ4n) is 3.12. The topological polar surface area (TPSA) is 62.1 Å². The molecule has 3 rings (SSSR count). The lowest BCUT2D eigenvalue weighted by atomic mass is 9.82. The summed E-state index contributed by atoms with van der Waals surface area (Å²) < 4.78 is 5.96. The number of phenols is 1. The summed E-state index contributed by atoms with van der Waals surface area (Å²) in [7, 11) is 0. The first-order chi connectivity index (χ1) is 11.3. The fraction of sp³-hybridized carbons (Fsp3) is 0.316. The Morgan fingerprint density at radius 1 is 1.13 bits per heavy atom. The first-order valence-corrected chi connectivity index (χ1v) is 7.95. The molecule has 0 spiro atoms. The summed E-state index contributed by atoms with van der Waals surface area (Å²) in [5.74, 6) is 1.17. The lowest BCUT2D eigenvalue weighted by molar-refractivity contribution is 0.296. The van der Waals surface area contributed by atoms with Crippen LogP contribution in [0.1, 0.15) is 42.7 Å². The van der Waals surface area contributed by atoms with E-state index >= 15 is 0 Å². The van der Waals surface area contributed by atoms with Crippen molar-refractivity contribution in [3.63, 3.8) is 0 Å². The van der Waals surface area contributed by atoms with Crippen LogP contribution in [0.15, 0.2) is 53.7 Å². The molecule has 0 saturated heterocycles. The Hall–Kier alpha value is -2.49. The van der Waals surface area contributed by atoms with Crippen LogP contribution in [0, 0.1) is 0 Å². The smallest absolute Gasteiger partial charge is 0.126 e. The van der Waals surface area contributed by atoms with Crippen molar-refractivity contribution in [1.82, 2.24) is 0 Å². The van der Waals surface area contributed by atoms with Gasteiger partial charge in [-0.1, -0.05) is 41.6 Å². The van der Waals surface area contributed by atoms with Crippen molar-refractivity contribution in [3.05, 3.63) is 59.7 Å². The molecule has 120 valence electrons.